The molecular formula is C23H22Cl2F3N3O3. The highest BCUT2D eigenvalue weighted by Gasteiger charge is 2.38. The lowest BCUT2D eigenvalue weighted by molar-refractivity contribution is -0.141. The quantitative estimate of drug-likeness (QED) is 0.359. The summed E-state index contributed by atoms with van der Waals surface area (Å²) in [6, 6.07) is 11.8. The van der Waals surface area contributed by atoms with E-state index in [4.69, 9.17) is 32.7 Å². The van der Waals surface area contributed by atoms with Gasteiger partial charge in [0.15, 0.2) is 5.69 Å². The zero-order valence-corrected chi connectivity index (χ0v) is 19.9. The highest BCUT2D eigenvalue weighted by atomic mass is 35.5. The lowest BCUT2D eigenvalue weighted by Crippen LogP contribution is -2.25. The molecule has 1 heterocycles. The molecule has 0 saturated heterocycles. The summed E-state index contributed by atoms with van der Waals surface area (Å²) >= 11 is 11.6. The van der Waals surface area contributed by atoms with Gasteiger partial charge in [-0.2, -0.15) is 18.3 Å². The lowest BCUT2D eigenvalue weighted by Gasteiger charge is -2.13. The van der Waals surface area contributed by atoms with E-state index in [2.05, 4.69) is 10.4 Å². The van der Waals surface area contributed by atoms with Crippen molar-refractivity contribution in [2.75, 3.05) is 13.7 Å². The lowest BCUT2D eigenvalue weighted by atomic mass is 10.1. The van der Waals surface area contributed by atoms with E-state index >= 15 is 0 Å². The monoisotopic (exact) mass is 515 g/mol. The topological polar surface area (TPSA) is 65.4 Å². The van der Waals surface area contributed by atoms with Crippen LogP contribution in [0.1, 0.15) is 33.7 Å². The fourth-order valence-electron chi connectivity index (χ4n) is 3.18. The Bertz CT molecular complexity index is 1150. The number of ether oxygens (including phenoxy) is 2. The standard InChI is InChI=1S/C23H22Cl2F3N3O3/c1-14-20(25)21(23(26,27)28)30-31(14)11-3-10-29-22(32)15-4-9-19(33-2)16(12-15)13-34-18-7-5-17(24)6-8-18/h4-9,12H,3,10-11,13H2,1-2H3,(H,29,32). The van der Waals surface area contributed by atoms with Gasteiger partial charge in [0.25, 0.3) is 5.91 Å². The average Bonchev–Trinajstić information content (AvgIpc) is 3.10. The predicted molar refractivity (Wildman–Crippen MR) is 123 cm³/mol. The Morgan fingerprint density at radius 1 is 1.15 bits per heavy atom. The number of carbonyl (C=O) groups excluding carboxylic acids is 1. The number of halogens is 5. The molecule has 1 N–H and O–H groups in total. The molecular weight excluding hydrogens is 494 g/mol. The van der Waals surface area contributed by atoms with Crippen molar-refractivity contribution in [3.05, 3.63) is 75.0 Å². The minimum absolute atomic E-state index is 0.171. The minimum atomic E-state index is -4.62. The second-order valence-corrected chi connectivity index (χ2v) is 8.16. The van der Waals surface area contributed by atoms with Crippen LogP contribution in [-0.2, 0) is 19.3 Å². The van der Waals surface area contributed by atoms with Crippen LogP contribution in [-0.4, -0.2) is 29.3 Å². The highest BCUT2D eigenvalue weighted by Crippen LogP contribution is 2.35. The fraction of sp³-hybridized carbons (Fsp3) is 0.304. The van der Waals surface area contributed by atoms with Crippen molar-refractivity contribution in [1.29, 1.82) is 0 Å². The average molecular weight is 516 g/mol. The van der Waals surface area contributed by atoms with Crippen LogP contribution in [0.4, 0.5) is 13.2 Å². The largest absolute Gasteiger partial charge is 0.496 e. The van der Waals surface area contributed by atoms with Gasteiger partial charge in [-0.05, 0) is 55.8 Å². The fourth-order valence-corrected chi connectivity index (χ4v) is 3.55. The predicted octanol–water partition coefficient (Wildman–Crippen LogP) is 5.92. The summed E-state index contributed by atoms with van der Waals surface area (Å²) in [4.78, 5) is 12.6. The smallest absolute Gasteiger partial charge is 0.436 e. The van der Waals surface area contributed by atoms with Gasteiger partial charge in [0.05, 0.1) is 17.8 Å². The number of aryl methyl sites for hydroxylation is 1. The molecule has 0 unspecified atom stereocenters. The van der Waals surface area contributed by atoms with E-state index in [1.165, 1.54) is 18.7 Å². The molecule has 2 aromatic carbocycles. The summed E-state index contributed by atoms with van der Waals surface area (Å²) in [7, 11) is 1.52. The maximum absolute atomic E-state index is 12.9. The Morgan fingerprint density at radius 3 is 2.47 bits per heavy atom. The van der Waals surface area contributed by atoms with Crippen molar-refractivity contribution in [3.8, 4) is 11.5 Å². The molecule has 0 aliphatic heterocycles. The Balaban J connectivity index is 1.57. The van der Waals surface area contributed by atoms with Crippen LogP contribution in [0.5, 0.6) is 11.5 Å². The summed E-state index contributed by atoms with van der Waals surface area (Å²) in [5.41, 5.74) is 0.183. The number of amides is 1. The van der Waals surface area contributed by atoms with Gasteiger partial charge < -0.3 is 14.8 Å². The first-order valence-electron chi connectivity index (χ1n) is 10.2. The molecule has 0 bridgehead atoms. The Kier molecular flexibility index (Phi) is 8.33. The van der Waals surface area contributed by atoms with Crippen molar-refractivity contribution >= 4 is 29.1 Å². The second kappa shape index (κ2) is 11.0. The summed E-state index contributed by atoms with van der Waals surface area (Å²) in [5.74, 6) is 0.850. The molecule has 6 nitrogen and oxygen atoms in total. The summed E-state index contributed by atoms with van der Waals surface area (Å²) in [6.07, 6.45) is -4.25. The molecule has 0 aliphatic rings. The van der Waals surface area contributed by atoms with Crippen molar-refractivity contribution in [2.24, 2.45) is 0 Å². The SMILES string of the molecule is COc1ccc(C(=O)NCCCn2nc(C(F)(F)F)c(Cl)c2C)cc1COc1ccc(Cl)cc1. The van der Waals surface area contributed by atoms with Crippen LogP contribution < -0.4 is 14.8 Å². The molecule has 0 fully saturated rings. The maximum Gasteiger partial charge on any atom is 0.436 e. The number of carbonyl (C=O) groups is 1. The number of nitrogens with zero attached hydrogens (tertiary/aromatic N) is 2. The van der Waals surface area contributed by atoms with E-state index in [0.29, 0.717) is 34.1 Å². The van der Waals surface area contributed by atoms with E-state index in [0.717, 1.165) is 0 Å². The summed E-state index contributed by atoms with van der Waals surface area (Å²) in [5, 5.41) is 6.48. The normalized spacial score (nSPS) is 11.4. The molecule has 34 heavy (non-hydrogen) atoms. The Morgan fingerprint density at radius 2 is 1.85 bits per heavy atom. The van der Waals surface area contributed by atoms with E-state index in [-0.39, 0.29) is 31.3 Å². The van der Waals surface area contributed by atoms with Crippen LogP contribution in [0, 0.1) is 6.92 Å². The molecule has 1 aromatic heterocycles. The minimum Gasteiger partial charge on any atom is -0.496 e. The van der Waals surface area contributed by atoms with E-state index < -0.39 is 16.9 Å². The second-order valence-electron chi connectivity index (χ2n) is 7.35. The van der Waals surface area contributed by atoms with E-state index in [9.17, 15) is 18.0 Å². The van der Waals surface area contributed by atoms with Crippen molar-refractivity contribution in [1.82, 2.24) is 15.1 Å². The Labute approximate surface area is 204 Å². The van der Waals surface area contributed by atoms with Crippen molar-refractivity contribution in [3.63, 3.8) is 0 Å². The molecule has 3 aromatic rings. The summed E-state index contributed by atoms with van der Waals surface area (Å²) < 4.78 is 51.1. The number of aromatic nitrogens is 2. The molecule has 11 heteroatoms. The molecule has 3 rings (SSSR count). The van der Waals surface area contributed by atoms with Crippen molar-refractivity contribution in [2.45, 2.75) is 32.7 Å². The third kappa shape index (κ3) is 6.36. The molecule has 1 amide bonds. The zero-order chi connectivity index (χ0) is 24.9. The first kappa shape index (κ1) is 25.7. The van der Waals surface area contributed by atoms with Crippen LogP contribution in [0.15, 0.2) is 42.5 Å². The number of alkyl halides is 3. The zero-order valence-electron chi connectivity index (χ0n) is 18.4. The molecule has 0 aliphatic carbocycles. The van der Waals surface area contributed by atoms with Crippen LogP contribution in [0.2, 0.25) is 10.0 Å². The first-order chi connectivity index (χ1) is 16.1. The molecule has 0 radical (unpaired) electrons. The van der Waals surface area contributed by atoms with Gasteiger partial charge in [0.2, 0.25) is 0 Å². The number of nitrogens with one attached hydrogen (secondary N) is 1. The number of hydrogen-bond acceptors (Lipinski definition) is 4. The van der Waals surface area contributed by atoms with Gasteiger partial charge in [-0.15, -0.1) is 0 Å². The van der Waals surface area contributed by atoms with Gasteiger partial charge in [-0.25, -0.2) is 0 Å². The first-order valence-corrected chi connectivity index (χ1v) is 11.0. The number of rotatable bonds is 9. The van der Waals surface area contributed by atoms with Crippen LogP contribution in [0.25, 0.3) is 0 Å². The molecule has 0 spiro atoms. The molecule has 0 saturated carbocycles. The van der Waals surface area contributed by atoms with Crippen molar-refractivity contribution < 1.29 is 27.4 Å². The Hall–Kier alpha value is -2.91. The van der Waals surface area contributed by atoms with E-state index in [1.54, 1.807) is 42.5 Å². The van der Waals surface area contributed by atoms with Gasteiger partial charge in [0.1, 0.15) is 18.1 Å². The van der Waals surface area contributed by atoms with E-state index in [1.807, 2.05) is 0 Å². The third-order valence-electron chi connectivity index (χ3n) is 4.98. The highest BCUT2D eigenvalue weighted by molar-refractivity contribution is 6.32. The number of methoxy groups -OCH3 is 1. The van der Waals surface area contributed by atoms with Gasteiger partial charge in [0, 0.05) is 29.2 Å². The third-order valence-corrected chi connectivity index (χ3v) is 5.69. The number of benzene rings is 2. The van der Waals surface area contributed by atoms with Crippen LogP contribution >= 0.6 is 23.2 Å². The van der Waals surface area contributed by atoms with Gasteiger partial charge in [-0.3, -0.25) is 9.48 Å². The number of hydrogen-bond donors (Lipinski definition) is 1. The van der Waals surface area contributed by atoms with Crippen LogP contribution in [0.3, 0.4) is 0 Å². The molecule has 0 atom stereocenters. The summed E-state index contributed by atoms with van der Waals surface area (Å²) in [6.45, 7) is 2.05. The maximum atomic E-state index is 12.9. The van der Waals surface area contributed by atoms with Gasteiger partial charge >= 0.3 is 6.18 Å². The molecule has 182 valence electrons. The van der Waals surface area contributed by atoms with Gasteiger partial charge in [-0.1, -0.05) is 23.2 Å².